The van der Waals surface area contributed by atoms with Crippen molar-refractivity contribution in [3.8, 4) is 0 Å². The largest absolute Gasteiger partial charge is 0.378 e. The van der Waals surface area contributed by atoms with Crippen LogP contribution < -0.4 is 14.9 Å². The average Bonchev–Trinajstić information content (AvgIpc) is 2.66. The molecule has 2 heterocycles. The van der Waals surface area contributed by atoms with E-state index >= 15 is 0 Å². The van der Waals surface area contributed by atoms with E-state index < -0.39 is 10.0 Å². The van der Waals surface area contributed by atoms with Crippen molar-refractivity contribution in [3.63, 3.8) is 0 Å². The smallest absolute Gasteiger partial charge is 0.241 e. The van der Waals surface area contributed by atoms with E-state index in [1.54, 1.807) is 19.1 Å². The maximum absolute atomic E-state index is 12.8. The van der Waals surface area contributed by atoms with Crippen molar-refractivity contribution in [1.82, 2.24) is 14.7 Å². The van der Waals surface area contributed by atoms with Crippen LogP contribution in [-0.4, -0.2) is 50.6 Å². The number of ether oxygens (including phenoxy) is 1. The zero-order valence-corrected chi connectivity index (χ0v) is 17.5. The molecule has 1 aromatic carbocycles. The molecule has 0 aliphatic carbocycles. The zero-order chi connectivity index (χ0) is 21.0. The number of hydrogen-bond donors (Lipinski definition) is 2. The van der Waals surface area contributed by atoms with Gasteiger partial charge in [0.2, 0.25) is 15.9 Å². The highest BCUT2D eigenvalue weighted by atomic mass is 32.2. The molecular formula is C19H25N5O4S. The summed E-state index contributed by atoms with van der Waals surface area (Å²) in [6.45, 7) is 7.66. The van der Waals surface area contributed by atoms with E-state index in [1.807, 2.05) is 13.0 Å². The molecule has 0 unspecified atom stereocenters. The molecule has 2 aromatic rings. The first-order chi connectivity index (χ1) is 13.7. The van der Waals surface area contributed by atoms with Gasteiger partial charge in [0, 0.05) is 37.5 Å². The Labute approximate surface area is 170 Å². The summed E-state index contributed by atoms with van der Waals surface area (Å²) >= 11 is 0. The molecule has 29 heavy (non-hydrogen) atoms. The third-order valence-electron chi connectivity index (χ3n) is 4.43. The van der Waals surface area contributed by atoms with Gasteiger partial charge in [0.1, 0.15) is 11.6 Å². The fourth-order valence-corrected chi connectivity index (χ4v) is 4.32. The molecule has 1 aromatic heterocycles. The fraction of sp³-hybridized carbons (Fsp3) is 0.421. The van der Waals surface area contributed by atoms with E-state index in [0.717, 1.165) is 24.6 Å². The number of hydrogen-bond acceptors (Lipinski definition) is 7. The summed E-state index contributed by atoms with van der Waals surface area (Å²) in [5.74, 6) is 0.958. The Morgan fingerprint density at radius 3 is 2.55 bits per heavy atom. The van der Waals surface area contributed by atoms with Gasteiger partial charge in [-0.3, -0.25) is 4.79 Å². The predicted molar refractivity (Wildman–Crippen MR) is 109 cm³/mol. The Bertz CT molecular complexity index is 1000. The van der Waals surface area contributed by atoms with E-state index in [4.69, 9.17) is 4.74 Å². The Morgan fingerprint density at radius 2 is 1.90 bits per heavy atom. The molecule has 0 saturated carbocycles. The Hall–Kier alpha value is -2.56. The van der Waals surface area contributed by atoms with Crippen LogP contribution in [0.25, 0.3) is 0 Å². The van der Waals surface area contributed by atoms with E-state index in [0.29, 0.717) is 30.3 Å². The number of carbonyl (C=O) groups is 1. The summed E-state index contributed by atoms with van der Waals surface area (Å²) < 4.78 is 33.4. The van der Waals surface area contributed by atoms with E-state index in [2.05, 4.69) is 24.9 Å². The number of aryl methyl sites for hydroxylation is 2. The Balaban J connectivity index is 1.75. The molecule has 1 amide bonds. The van der Waals surface area contributed by atoms with Gasteiger partial charge in [-0.1, -0.05) is 0 Å². The Kier molecular flexibility index (Phi) is 6.46. The predicted octanol–water partition coefficient (Wildman–Crippen LogP) is 1.37. The van der Waals surface area contributed by atoms with E-state index in [1.165, 1.54) is 13.0 Å². The number of sulfonamides is 1. The molecule has 0 atom stereocenters. The van der Waals surface area contributed by atoms with Gasteiger partial charge in [0.15, 0.2) is 0 Å². The number of aromatic nitrogens is 2. The first-order valence-electron chi connectivity index (χ1n) is 9.30. The second-order valence-corrected chi connectivity index (χ2v) is 8.60. The highest BCUT2D eigenvalue weighted by molar-refractivity contribution is 7.89. The SMILES string of the molecule is CC(=O)Nc1ccc(S(=O)(=O)NCc2nc(C)cc(N3CCOCC3)n2)c(C)c1. The molecule has 2 N–H and O–H groups in total. The van der Waals surface area contributed by atoms with Crippen LogP contribution in [0.4, 0.5) is 11.5 Å². The number of morpholine rings is 1. The van der Waals surface area contributed by atoms with Crippen molar-refractivity contribution in [3.05, 3.63) is 41.3 Å². The van der Waals surface area contributed by atoms with Crippen LogP contribution in [0.3, 0.4) is 0 Å². The van der Waals surface area contributed by atoms with Crippen molar-refractivity contribution in [1.29, 1.82) is 0 Å². The van der Waals surface area contributed by atoms with Gasteiger partial charge in [-0.15, -0.1) is 0 Å². The number of benzene rings is 1. The van der Waals surface area contributed by atoms with Gasteiger partial charge in [-0.25, -0.2) is 23.1 Å². The van der Waals surface area contributed by atoms with Crippen LogP contribution in [0.1, 0.15) is 24.0 Å². The third-order valence-corrected chi connectivity index (χ3v) is 5.99. The van der Waals surface area contributed by atoms with Crippen molar-refractivity contribution < 1.29 is 17.9 Å². The summed E-state index contributed by atoms with van der Waals surface area (Å²) in [5, 5.41) is 2.64. The molecule has 10 heteroatoms. The van der Waals surface area contributed by atoms with Crippen molar-refractivity contribution in [2.75, 3.05) is 36.5 Å². The molecule has 156 valence electrons. The number of nitrogens with one attached hydrogen (secondary N) is 2. The molecule has 1 aliphatic rings. The normalized spacial score (nSPS) is 14.7. The van der Waals surface area contributed by atoms with Gasteiger partial charge < -0.3 is 15.0 Å². The lowest BCUT2D eigenvalue weighted by molar-refractivity contribution is -0.114. The van der Waals surface area contributed by atoms with Gasteiger partial charge in [-0.05, 0) is 37.6 Å². The zero-order valence-electron chi connectivity index (χ0n) is 16.7. The van der Waals surface area contributed by atoms with Gasteiger partial charge >= 0.3 is 0 Å². The van der Waals surface area contributed by atoms with Crippen LogP contribution in [0.5, 0.6) is 0 Å². The van der Waals surface area contributed by atoms with Crippen LogP contribution in [0, 0.1) is 13.8 Å². The molecule has 0 spiro atoms. The number of anilines is 2. The third kappa shape index (κ3) is 5.49. The van der Waals surface area contributed by atoms with Crippen molar-refractivity contribution in [2.24, 2.45) is 0 Å². The first kappa shape index (κ1) is 21.2. The number of amides is 1. The molecule has 0 bridgehead atoms. The molecule has 1 aliphatic heterocycles. The molecule has 1 saturated heterocycles. The maximum atomic E-state index is 12.8. The van der Waals surface area contributed by atoms with Crippen LogP contribution in [0.15, 0.2) is 29.2 Å². The van der Waals surface area contributed by atoms with E-state index in [-0.39, 0.29) is 17.3 Å². The number of rotatable bonds is 6. The topological polar surface area (TPSA) is 114 Å². The summed E-state index contributed by atoms with van der Waals surface area (Å²) in [5.41, 5.74) is 1.85. The Morgan fingerprint density at radius 1 is 1.17 bits per heavy atom. The van der Waals surface area contributed by atoms with Gasteiger partial charge in [-0.2, -0.15) is 0 Å². The van der Waals surface area contributed by atoms with Crippen molar-refractivity contribution in [2.45, 2.75) is 32.2 Å². The second kappa shape index (κ2) is 8.85. The molecule has 3 rings (SSSR count). The standard InChI is InChI=1S/C19H25N5O4S/c1-13-10-16(22-15(3)25)4-5-17(13)29(26,27)20-12-18-21-14(2)11-19(23-18)24-6-8-28-9-7-24/h4-5,10-11,20H,6-9,12H2,1-3H3,(H,22,25). The second-order valence-electron chi connectivity index (χ2n) is 6.87. The summed E-state index contributed by atoms with van der Waals surface area (Å²) in [7, 11) is -3.76. The summed E-state index contributed by atoms with van der Waals surface area (Å²) in [6.07, 6.45) is 0. The minimum atomic E-state index is -3.76. The molecule has 0 radical (unpaired) electrons. The number of carbonyl (C=O) groups excluding carboxylic acids is 1. The van der Waals surface area contributed by atoms with E-state index in [9.17, 15) is 13.2 Å². The van der Waals surface area contributed by atoms with Crippen molar-refractivity contribution >= 4 is 27.4 Å². The highest BCUT2D eigenvalue weighted by Crippen LogP contribution is 2.20. The quantitative estimate of drug-likeness (QED) is 0.727. The van der Waals surface area contributed by atoms with Crippen LogP contribution >= 0.6 is 0 Å². The number of nitrogens with zero attached hydrogens (tertiary/aromatic N) is 3. The first-order valence-corrected chi connectivity index (χ1v) is 10.8. The lowest BCUT2D eigenvalue weighted by atomic mass is 10.2. The summed E-state index contributed by atoms with van der Waals surface area (Å²) in [6, 6.07) is 6.53. The summed E-state index contributed by atoms with van der Waals surface area (Å²) in [4.78, 5) is 22.3. The minimum Gasteiger partial charge on any atom is -0.378 e. The lowest BCUT2D eigenvalue weighted by Gasteiger charge is -2.28. The average molecular weight is 420 g/mol. The monoisotopic (exact) mass is 419 g/mol. The fourth-order valence-electron chi connectivity index (χ4n) is 3.11. The van der Waals surface area contributed by atoms with Crippen LogP contribution in [0.2, 0.25) is 0 Å². The highest BCUT2D eigenvalue weighted by Gasteiger charge is 2.19. The molecule has 1 fully saturated rings. The lowest BCUT2D eigenvalue weighted by Crippen LogP contribution is -2.37. The van der Waals surface area contributed by atoms with Gasteiger partial charge in [0.05, 0.1) is 24.7 Å². The van der Waals surface area contributed by atoms with Crippen LogP contribution in [-0.2, 0) is 26.1 Å². The molecule has 9 nitrogen and oxygen atoms in total. The minimum absolute atomic E-state index is 0.0196. The molecular weight excluding hydrogens is 394 g/mol. The van der Waals surface area contributed by atoms with Gasteiger partial charge in [0.25, 0.3) is 0 Å². The maximum Gasteiger partial charge on any atom is 0.241 e.